The number of ether oxygens (including phenoxy) is 1. The van der Waals surface area contributed by atoms with Gasteiger partial charge in [-0.05, 0) is 32.0 Å². The fraction of sp³-hybridized carbons (Fsp3) is 0.188. The summed E-state index contributed by atoms with van der Waals surface area (Å²) in [5.74, 6) is -0.0337. The number of halogens is 1. The quantitative estimate of drug-likeness (QED) is 0.775. The Kier molecular flexibility index (Phi) is 4.29. The molecule has 124 valence electrons. The molecule has 0 bridgehead atoms. The molecule has 0 fully saturated rings. The molecule has 1 aromatic carbocycles. The minimum atomic E-state index is -0.536. The van der Waals surface area contributed by atoms with Gasteiger partial charge in [-0.15, -0.1) is 11.3 Å². The Bertz CT molecular complexity index is 1010. The molecule has 3 aromatic rings. The zero-order valence-corrected chi connectivity index (χ0v) is 14.8. The number of fused-ring (bicyclic) bond motifs is 1. The summed E-state index contributed by atoms with van der Waals surface area (Å²) in [6, 6.07) is 4.84. The van der Waals surface area contributed by atoms with Gasteiger partial charge in [-0.1, -0.05) is 11.6 Å². The Labute approximate surface area is 146 Å². The number of anilines is 1. The van der Waals surface area contributed by atoms with Gasteiger partial charge in [-0.2, -0.15) is 0 Å². The number of thiazole rings is 1. The van der Waals surface area contributed by atoms with E-state index < -0.39 is 5.91 Å². The number of rotatable bonds is 3. The van der Waals surface area contributed by atoms with Gasteiger partial charge in [0.25, 0.3) is 11.5 Å². The zero-order valence-electron chi connectivity index (χ0n) is 13.2. The lowest BCUT2D eigenvalue weighted by Crippen LogP contribution is -2.26. The van der Waals surface area contributed by atoms with Crippen LogP contribution < -0.4 is 15.6 Å². The minimum Gasteiger partial charge on any atom is -0.495 e. The summed E-state index contributed by atoms with van der Waals surface area (Å²) in [6.45, 7) is 3.74. The topological polar surface area (TPSA) is 72.7 Å². The molecule has 0 aliphatic carbocycles. The maximum absolute atomic E-state index is 12.6. The number of nitrogens with one attached hydrogen (secondary N) is 1. The molecule has 1 amide bonds. The molecule has 0 spiro atoms. The minimum absolute atomic E-state index is 0.0275. The second-order valence-electron chi connectivity index (χ2n) is 5.14. The third-order valence-electron chi connectivity index (χ3n) is 3.67. The molecule has 3 rings (SSSR count). The highest BCUT2D eigenvalue weighted by Gasteiger charge is 2.17. The van der Waals surface area contributed by atoms with Crippen LogP contribution in [0.4, 0.5) is 5.69 Å². The second-order valence-corrected chi connectivity index (χ2v) is 6.73. The van der Waals surface area contributed by atoms with Crippen molar-refractivity contribution in [2.45, 2.75) is 13.8 Å². The van der Waals surface area contributed by atoms with Crippen LogP contribution in [0.5, 0.6) is 5.75 Å². The van der Waals surface area contributed by atoms with E-state index in [0.717, 1.165) is 10.6 Å². The third kappa shape index (κ3) is 2.76. The Balaban J connectivity index is 1.97. The monoisotopic (exact) mass is 363 g/mol. The van der Waals surface area contributed by atoms with Gasteiger partial charge in [0.1, 0.15) is 11.3 Å². The molecule has 2 heterocycles. The van der Waals surface area contributed by atoms with Gasteiger partial charge < -0.3 is 10.1 Å². The first kappa shape index (κ1) is 16.5. The predicted octanol–water partition coefficient (Wildman–Crippen LogP) is 3.29. The molecular formula is C16H14ClN3O3S. The fourth-order valence-corrected chi connectivity index (χ4v) is 3.46. The summed E-state index contributed by atoms with van der Waals surface area (Å²) in [5.41, 5.74) is 0.836. The van der Waals surface area contributed by atoms with Crippen molar-refractivity contribution in [3.63, 3.8) is 0 Å². The van der Waals surface area contributed by atoms with Gasteiger partial charge in [-0.25, -0.2) is 4.98 Å². The van der Waals surface area contributed by atoms with E-state index in [1.54, 1.807) is 18.2 Å². The number of aryl methyl sites for hydroxylation is 2. The predicted molar refractivity (Wildman–Crippen MR) is 94.8 cm³/mol. The van der Waals surface area contributed by atoms with Crippen molar-refractivity contribution in [3.8, 4) is 5.75 Å². The first-order chi connectivity index (χ1) is 11.4. The molecule has 0 radical (unpaired) electrons. The second kappa shape index (κ2) is 6.26. The number of carbonyl (C=O) groups excluding carboxylic acids is 1. The van der Waals surface area contributed by atoms with Gasteiger partial charge in [0, 0.05) is 22.5 Å². The molecule has 0 saturated carbocycles. The van der Waals surface area contributed by atoms with Crippen molar-refractivity contribution in [1.82, 2.24) is 9.38 Å². The molecule has 2 aromatic heterocycles. The van der Waals surface area contributed by atoms with Gasteiger partial charge in [0.15, 0.2) is 4.96 Å². The van der Waals surface area contributed by atoms with Crippen molar-refractivity contribution in [2.24, 2.45) is 0 Å². The van der Waals surface area contributed by atoms with Gasteiger partial charge in [0.05, 0.1) is 12.1 Å². The van der Waals surface area contributed by atoms with Crippen LogP contribution in [0.1, 0.15) is 20.9 Å². The average molecular weight is 364 g/mol. The molecule has 8 heteroatoms. The highest BCUT2D eigenvalue weighted by molar-refractivity contribution is 7.17. The average Bonchev–Trinajstić information content (AvgIpc) is 2.83. The van der Waals surface area contributed by atoms with E-state index in [2.05, 4.69) is 10.3 Å². The number of benzene rings is 1. The van der Waals surface area contributed by atoms with Crippen molar-refractivity contribution in [2.75, 3.05) is 12.4 Å². The summed E-state index contributed by atoms with van der Waals surface area (Å²) in [6.07, 6.45) is 1.30. The molecule has 0 unspecified atom stereocenters. The molecule has 24 heavy (non-hydrogen) atoms. The van der Waals surface area contributed by atoms with Crippen LogP contribution >= 0.6 is 22.9 Å². The molecule has 0 aliphatic heterocycles. The Morgan fingerprint density at radius 2 is 2.12 bits per heavy atom. The number of nitrogens with zero attached hydrogens (tertiary/aromatic N) is 2. The van der Waals surface area contributed by atoms with Crippen molar-refractivity contribution in [1.29, 1.82) is 0 Å². The third-order valence-corrected chi connectivity index (χ3v) is 5.04. The molecule has 1 N–H and O–H groups in total. The van der Waals surface area contributed by atoms with Crippen LogP contribution in [-0.4, -0.2) is 22.4 Å². The number of aromatic nitrogens is 2. The zero-order chi connectivity index (χ0) is 17.4. The number of hydrogen-bond donors (Lipinski definition) is 1. The van der Waals surface area contributed by atoms with Crippen molar-refractivity contribution < 1.29 is 9.53 Å². The van der Waals surface area contributed by atoms with Crippen LogP contribution in [0.2, 0.25) is 5.02 Å². The van der Waals surface area contributed by atoms with Crippen LogP contribution in [0.15, 0.2) is 29.2 Å². The maximum atomic E-state index is 12.6. The Morgan fingerprint density at radius 3 is 2.79 bits per heavy atom. The molecule has 0 atom stereocenters. The van der Waals surface area contributed by atoms with E-state index in [-0.39, 0.29) is 11.1 Å². The lowest BCUT2D eigenvalue weighted by Gasteiger charge is -2.08. The SMILES string of the molecule is COc1ccc(NC(=O)c2cnc3sc(C)c(C)n3c2=O)cc1Cl. The lowest BCUT2D eigenvalue weighted by atomic mass is 10.2. The first-order valence-corrected chi connectivity index (χ1v) is 8.24. The highest BCUT2D eigenvalue weighted by Crippen LogP contribution is 2.27. The van der Waals surface area contributed by atoms with Gasteiger partial charge in [-0.3, -0.25) is 14.0 Å². The smallest absolute Gasteiger partial charge is 0.271 e. The molecule has 0 aliphatic rings. The Hall–Kier alpha value is -2.38. The normalized spacial score (nSPS) is 10.8. The van der Waals surface area contributed by atoms with E-state index in [1.165, 1.54) is 29.0 Å². The van der Waals surface area contributed by atoms with Gasteiger partial charge >= 0.3 is 0 Å². The van der Waals surface area contributed by atoms with E-state index in [4.69, 9.17) is 16.3 Å². The molecular weight excluding hydrogens is 350 g/mol. The Morgan fingerprint density at radius 1 is 1.38 bits per heavy atom. The van der Waals surface area contributed by atoms with Crippen LogP contribution in [-0.2, 0) is 0 Å². The first-order valence-electron chi connectivity index (χ1n) is 7.05. The van der Waals surface area contributed by atoms with Crippen LogP contribution in [0.3, 0.4) is 0 Å². The van der Waals surface area contributed by atoms with E-state index in [0.29, 0.717) is 21.4 Å². The van der Waals surface area contributed by atoms with Crippen molar-refractivity contribution in [3.05, 3.63) is 55.9 Å². The largest absolute Gasteiger partial charge is 0.495 e. The summed E-state index contributed by atoms with van der Waals surface area (Å²) >= 11 is 7.45. The summed E-state index contributed by atoms with van der Waals surface area (Å²) in [4.78, 5) is 30.8. The number of methoxy groups -OCH3 is 1. The van der Waals surface area contributed by atoms with Crippen LogP contribution in [0.25, 0.3) is 4.96 Å². The molecule has 6 nitrogen and oxygen atoms in total. The van der Waals surface area contributed by atoms with E-state index in [9.17, 15) is 9.59 Å². The summed E-state index contributed by atoms with van der Waals surface area (Å²) < 4.78 is 6.52. The van der Waals surface area contributed by atoms with Gasteiger partial charge in [0.2, 0.25) is 0 Å². The van der Waals surface area contributed by atoms with E-state index in [1.807, 2.05) is 13.8 Å². The number of carbonyl (C=O) groups is 1. The maximum Gasteiger partial charge on any atom is 0.271 e. The standard InChI is InChI=1S/C16H14ClN3O3S/c1-8-9(2)24-16-18-7-11(15(22)20(8)16)14(21)19-10-4-5-13(23-3)12(17)6-10/h4-7H,1-3H3,(H,19,21). The lowest BCUT2D eigenvalue weighted by molar-refractivity contribution is 0.102. The fourth-order valence-electron chi connectivity index (χ4n) is 2.27. The summed E-state index contributed by atoms with van der Waals surface area (Å²) in [5, 5.41) is 3.02. The summed E-state index contributed by atoms with van der Waals surface area (Å²) in [7, 11) is 1.51. The molecule has 0 saturated heterocycles. The van der Waals surface area contributed by atoms with E-state index >= 15 is 0 Å². The van der Waals surface area contributed by atoms with Crippen molar-refractivity contribution >= 4 is 39.5 Å². The van der Waals surface area contributed by atoms with Crippen LogP contribution in [0, 0.1) is 13.8 Å². The number of amides is 1. The highest BCUT2D eigenvalue weighted by atomic mass is 35.5. The number of hydrogen-bond acceptors (Lipinski definition) is 5.